The number of carboxylic acid groups (broad SMARTS) is 1. The highest BCUT2D eigenvalue weighted by Crippen LogP contribution is 2.32. The molecule has 19 heteroatoms. The molecule has 0 unspecified atom stereocenters. The summed E-state index contributed by atoms with van der Waals surface area (Å²) in [6, 6.07) is 13.8. The molecule has 2 aromatic carbocycles. The number of hydrogen-bond acceptors (Lipinski definition) is 10. The van der Waals surface area contributed by atoms with Crippen molar-refractivity contribution >= 4 is 64.5 Å². The van der Waals surface area contributed by atoms with Gasteiger partial charge in [0, 0.05) is 88.8 Å². The van der Waals surface area contributed by atoms with Gasteiger partial charge in [0.25, 0.3) is 0 Å². The number of aliphatic carboxylic acids is 1. The number of Topliss-reactive ketones (excluding diaryl/α,β-unsaturated/α-hetero) is 2. The Morgan fingerprint density at radius 3 is 1.87 bits per heavy atom. The van der Waals surface area contributed by atoms with Gasteiger partial charge in [-0.1, -0.05) is 71.0 Å². The van der Waals surface area contributed by atoms with E-state index in [2.05, 4.69) is 0 Å². The summed E-state index contributed by atoms with van der Waals surface area (Å²) in [6.45, 7) is 10.5. The van der Waals surface area contributed by atoms with Crippen LogP contribution in [0.25, 0.3) is 16.6 Å². The highest BCUT2D eigenvalue weighted by Gasteiger charge is 2.40. The van der Waals surface area contributed by atoms with Gasteiger partial charge in [-0.25, -0.2) is 9.59 Å². The molecule has 3 amide bonds. The van der Waals surface area contributed by atoms with E-state index in [1.165, 1.54) is 30.8 Å². The maximum absolute atomic E-state index is 15.0. The Bertz CT molecular complexity index is 2300. The summed E-state index contributed by atoms with van der Waals surface area (Å²) in [4.78, 5) is 100.0. The number of para-hydroxylation sites is 2. The number of ketones is 2. The Morgan fingerprint density at radius 2 is 1.31 bits per heavy atom. The van der Waals surface area contributed by atoms with Crippen LogP contribution in [0.5, 0.6) is 0 Å². The largest absolute Gasteiger partial charge is 0.479 e. The van der Waals surface area contributed by atoms with Crippen molar-refractivity contribution in [2.24, 2.45) is 29.4 Å². The number of likely N-dealkylation sites (N-methyl/N-ethyl adjacent to an activating group) is 3. The standard InChI is InChI=1S/C51H69F3N6O9.ClH/c1-10-39(56)48(65)59(9)41(26-32(4)5)44(62)29-35(25-31(2)3)47(64)58(8)42(27-36-30-60(37-17-12-11-13-18-37)40-20-15-14-19-38(36)40)43(61)28-34(22-23-51(52,53)54)46(63)57(7)33(6)50(68)69-45(49(66)67)21-16-24-55;/h11-15,17-20,30-35,39,41-42,45H,10,16,21-23,25-29,56H2,1-9H3,(H,66,67);1H/t33-,34+,35+,39-,41-,42-,45+;/m0./s1. The first-order valence-corrected chi connectivity index (χ1v) is 23.5. The number of hydrogen-bond donors (Lipinski definition) is 2. The van der Waals surface area contributed by atoms with Crippen molar-refractivity contribution in [3.8, 4) is 11.8 Å². The predicted octanol–water partition coefficient (Wildman–Crippen LogP) is 7.72. The number of aromatic nitrogens is 1. The lowest BCUT2D eigenvalue weighted by Gasteiger charge is -2.34. The van der Waals surface area contributed by atoms with Gasteiger partial charge in [0.1, 0.15) is 6.04 Å². The van der Waals surface area contributed by atoms with Crippen molar-refractivity contribution in [2.45, 2.75) is 142 Å². The molecule has 0 radical (unpaired) electrons. The molecule has 3 rings (SSSR count). The van der Waals surface area contributed by atoms with E-state index in [1.807, 2.05) is 87.0 Å². The third-order valence-corrected chi connectivity index (χ3v) is 12.5. The van der Waals surface area contributed by atoms with Crippen molar-refractivity contribution in [2.75, 3.05) is 21.1 Å². The molecule has 0 aliphatic carbocycles. The number of carboxylic acids is 1. The summed E-state index contributed by atoms with van der Waals surface area (Å²) in [5.74, 6) is -8.74. The predicted molar refractivity (Wildman–Crippen MR) is 261 cm³/mol. The zero-order chi connectivity index (χ0) is 51.9. The van der Waals surface area contributed by atoms with Gasteiger partial charge < -0.3 is 34.8 Å². The number of esters is 1. The maximum Gasteiger partial charge on any atom is 0.389 e. The quantitative estimate of drug-likeness (QED) is 0.0706. The van der Waals surface area contributed by atoms with E-state index in [9.17, 15) is 51.8 Å². The molecule has 0 saturated carbocycles. The molecule has 70 heavy (non-hydrogen) atoms. The average molecular weight is 1000 g/mol. The zero-order valence-electron chi connectivity index (χ0n) is 41.6. The molecule has 0 spiro atoms. The first kappa shape index (κ1) is 60.3. The summed E-state index contributed by atoms with van der Waals surface area (Å²) >= 11 is 0. The summed E-state index contributed by atoms with van der Waals surface area (Å²) in [5.41, 5.74) is 8.24. The van der Waals surface area contributed by atoms with E-state index >= 15 is 0 Å². The van der Waals surface area contributed by atoms with E-state index in [0.29, 0.717) is 18.4 Å². The van der Waals surface area contributed by atoms with Crippen LogP contribution in [0, 0.1) is 35.0 Å². The second kappa shape index (κ2) is 27.6. The lowest BCUT2D eigenvalue weighted by atomic mass is 9.85. The third-order valence-electron chi connectivity index (χ3n) is 12.5. The molecule has 0 saturated heterocycles. The van der Waals surface area contributed by atoms with Gasteiger partial charge in [-0.2, -0.15) is 18.4 Å². The molecule has 1 aromatic heterocycles. The van der Waals surface area contributed by atoms with E-state index in [-0.39, 0.29) is 62.1 Å². The first-order valence-electron chi connectivity index (χ1n) is 23.5. The monoisotopic (exact) mass is 1000 g/mol. The molecule has 386 valence electrons. The normalized spacial score (nSPS) is 14.5. The van der Waals surface area contributed by atoms with Crippen LogP contribution in [-0.2, 0) is 44.7 Å². The molecule has 3 N–H and O–H groups in total. The number of alkyl halides is 3. The van der Waals surface area contributed by atoms with E-state index < -0.39 is 103 Å². The number of carbonyl (C=O) groups excluding carboxylic acids is 6. The van der Waals surface area contributed by atoms with Gasteiger partial charge in [0.15, 0.2) is 17.7 Å². The summed E-state index contributed by atoms with van der Waals surface area (Å²) < 4.78 is 48.7. The number of nitriles is 1. The van der Waals surface area contributed by atoms with Crippen LogP contribution in [0.3, 0.4) is 0 Å². The lowest BCUT2D eigenvalue weighted by Crippen LogP contribution is -2.51. The second-order valence-corrected chi connectivity index (χ2v) is 18.8. The van der Waals surface area contributed by atoms with E-state index in [0.717, 1.165) is 28.5 Å². The Hall–Kier alpha value is -5.80. The van der Waals surface area contributed by atoms with Crippen molar-refractivity contribution in [1.29, 1.82) is 5.26 Å². The molecule has 15 nitrogen and oxygen atoms in total. The Labute approximate surface area is 415 Å². The maximum atomic E-state index is 15.0. The van der Waals surface area contributed by atoms with Crippen LogP contribution in [0.2, 0.25) is 0 Å². The minimum atomic E-state index is -4.75. The topological polar surface area (TPSA) is 213 Å². The van der Waals surface area contributed by atoms with E-state index in [4.69, 9.17) is 15.7 Å². The number of ether oxygens (including phenoxy) is 1. The zero-order valence-corrected chi connectivity index (χ0v) is 42.4. The van der Waals surface area contributed by atoms with Gasteiger partial charge in [-0.05, 0) is 68.2 Å². The van der Waals surface area contributed by atoms with Crippen molar-refractivity contribution in [3.05, 3.63) is 66.4 Å². The van der Waals surface area contributed by atoms with Crippen LogP contribution in [0.4, 0.5) is 13.2 Å². The molecular weight excluding hydrogens is 933 g/mol. The van der Waals surface area contributed by atoms with Crippen LogP contribution in [-0.4, -0.2) is 123 Å². The smallest absolute Gasteiger partial charge is 0.389 e. The van der Waals surface area contributed by atoms with Crippen molar-refractivity contribution in [1.82, 2.24) is 19.3 Å². The highest BCUT2D eigenvalue weighted by molar-refractivity contribution is 5.97. The summed E-state index contributed by atoms with van der Waals surface area (Å²) in [7, 11) is 4.02. The molecule has 0 aliphatic heterocycles. The minimum Gasteiger partial charge on any atom is -0.479 e. The van der Waals surface area contributed by atoms with E-state index in [1.54, 1.807) is 19.1 Å². The van der Waals surface area contributed by atoms with Crippen LogP contribution < -0.4 is 5.73 Å². The average Bonchev–Trinajstić information content (AvgIpc) is 3.67. The number of amides is 3. The number of carbonyl (C=O) groups is 7. The van der Waals surface area contributed by atoms with Crippen LogP contribution >= 0.6 is 12.4 Å². The summed E-state index contributed by atoms with van der Waals surface area (Å²) in [5, 5.41) is 19.2. The van der Waals surface area contributed by atoms with Gasteiger partial charge in [0.05, 0.1) is 29.7 Å². The molecule has 0 bridgehead atoms. The molecule has 7 atom stereocenters. The van der Waals surface area contributed by atoms with Crippen molar-refractivity contribution < 1.29 is 56.6 Å². The molecule has 3 aromatic rings. The fourth-order valence-electron chi connectivity index (χ4n) is 8.43. The summed E-state index contributed by atoms with van der Waals surface area (Å²) in [6.07, 6.45) is -8.03. The third kappa shape index (κ3) is 17.0. The first-order chi connectivity index (χ1) is 32.3. The fraction of sp³-hybridized carbons (Fsp3) is 0.569. The number of halogens is 4. The van der Waals surface area contributed by atoms with Gasteiger partial charge >= 0.3 is 18.1 Å². The van der Waals surface area contributed by atoms with Gasteiger partial charge in [-0.15, -0.1) is 12.4 Å². The SMILES string of the molecule is CC[C@H](N)C(=O)N(C)[C@@H](CC(C)C)C(=O)C[C@@H](CC(C)C)C(=O)N(C)[C@@H](Cc1cn(-c2ccccc2)c2ccccc12)C(=O)C[C@@H](CCC(F)(F)F)C(=O)N(C)[C@@H](C)C(=O)O[C@H](CCC#N)C(=O)O.Cl. The number of nitrogens with zero attached hydrogens (tertiary/aromatic N) is 5. The molecule has 0 aliphatic rings. The Balaban J connectivity index is 0.0000168. The van der Waals surface area contributed by atoms with Crippen LogP contribution in [0.1, 0.15) is 105 Å². The fourth-order valence-corrected chi connectivity index (χ4v) is 8.43. The van der Waals surface area contributed by atoms with Crippen molar-refractivity contribution in [3.63, 3.8) is 0 Å². The Morgan fingerprint density at radius 1 is 0.771 bits per heavy atom. The second-order valence-electron chi connectivity index (χ2n) is 18.8. The number of nitrogens with two attached hydrogens (primary N) is 1. The van der Waals surface area contributed by atoms with Gasteiger partial charge in [0.2, 0.25) is 17.7 Å². The number of rotatable bonds is 27. The molecule has 0 fully saturated rings. The Kier molecular flexibility index (Phi) is 23.7. The number of fused-ring (bicyclic) bond motifs is 1. The van der Waals surface area contributed by atoms with Crippen LogP contribution in [0.15, 0.2) is 60.8 Å². The minimum absolute atomic E-state index is 0. The number of benzene rings is 2. The highest BCUT2D eigenvalue weighted by atomic mass is 35.5. The molecular formula is C51H70ClF3N6O9. The lowest BCUT2D eigenvalue weighted by molar-refractivity contribution is -0.169. The molecule has 1 heterocycles. The van der Waals surface area contributed by atoms with Gasteiger partial charge in [-0.3, -0.25) is 24.0 Å².